The topological polar surface area (TPSA) is 94.5 Å². The molecule has 0 bridgehead atoms. The minimum absolute atomic E-state index is 0.0189. The van der Waals surface area contributed by atoms with Crippen molar-refractivity contribution in [2.24, 2.45) is 5.92 Å². The number of carbonyl (C=O) groups excluding carboxylic acids is 1. The number of rotatable bonds is 7. The summed E-state index contributed by atoms with van der Waals surface area (Å²) in [6, 6.07) is 0. The summed E-state index contributed by atoms with van der Waals surface area (Å²) < 4.78 is 0. The van der Waals surface area contributed by atoms with Crippen LogP contribution in [0.15, 0.2) is 6.20 Å². The molecule has 112 valence electrons. The summed E-state index contributed by atoms with van der Waals surface area (Å²) >= 11 is 0. The maximum Gasteiger partial charge on any atom is 0.222 e. The second-order valence-electron chi connectivity index (χ2n) is 4.98. The monoisotopic (exact) mass is 281 g/mol. The molecule has 0 fully saturated rings. The fourth-order valence-electron chi connectivity index (χ4n) is 1.71. The van der Waals surface area contributed by atoms with Gasteiger partial charge in [0.25, 0.3) is 0 Å². The van der Waals surface area contributed by atoms with Gasteiger partial charge >= 0.3 is 0 Å². The molecule has 0 saturated carbocycles. The predicted molar refractivity (Wildman–Crippen MR) is 76.1 cm³/mol. The van der Waals surface area contributed by atoms with E-state index >= 15 is 0 Å². The number of carbonyl (C=O) groups is 1. The highest BCUT2D eigenvalue weighted by Crippen LogP contribution is 2.23. The van der Waals surface area contributed by atoms with Crippen LogP contribution in [-0.2, 0) is 17.9 Å². The van der Waals surface area contributed by atoms with E-state index in [0.717, 1.165) is 0 Å². The number of aromatic nitrogens is 1. The minimum Gasteiger partial charge on any atom is -0.506 e. The molecule has 0 aliphatic carbocycles. The Hall–Kier alpha value is -1.66. The first-order valence-corrected chi connectivity index (χ1v) is 6.73. The lowest BCUT2D eigenvalue weighted by atomic mass is 10.1. The van der Waals surface area contributed by atoms with Crippen molar-refractivity contribution in [3.05, 3.63) is 23.0 Å². The first-order valence-electron chi connectivity index (χ1n) is 6.73. The number of hydrogen-bond donors (Lipinski definition) is 4. The van der Waals surface area contributed by atoms with E-state index in [4.69, 9.17) is 0 Å². The molecule has 0 aliphatic heterocycles. The normalized spacial score (nSPS) is 10.8. The maximum absolute atomic E-state index is 11.4. The van der Waals surface area contributed by atoms with Gasteiger partial charge in [-0.05, 0) is 6.92 Å². The summed E-state index contributed by atoms with van der Waals surface area (Å²) in [4.78, 5) is 15.4. The number of aromatic hydroxyl groups is 1. The number of aliphatic hydroxyl groups excluding tert-OH is 1. The van der Waals surface area contributed by atoms with Crippen LogP contribution in [0.25, 0.3) is 0 Å². The molecular formula is C14H23N3O3. The van der Waals surface area contributed by atoms with Gasteiger partial charge in [-0.2, -0.15) is 0 Å². The highest BCUT2D eigenvalue weighted by Gasteiger charge is 2.11. The molecule has 1 aromatic heterocycles. The molecule has 20 heavy (non-hydrogen) atoms. The SMILES string of the molecule is Cc1ncc(CO)c(CNCCNC(=O)C(C)C)c1O. The fraction of sp³-hybridized carbons (Fsp3) is 0.571. The van der Waals surface area contributed by atoms with Gasteiger partial charge < -0.3 is 20.8 Å². The third kappa shape index (κ3) is 4.47. The summed E-state index contributed by atoms with van der Waals surface area (Å²) in [6.45, 7) is 6.76. The van der Waals surface area contributed by atoms with Crippen LogP contribution in [0.4, 0.5) is 0 Å². The molecule has 0 aromatic carbocycles. The van der Waals surface area contributed by atoms with Gasteiger partial charge in [-0.1, -0.05) is 13.8 Å². The van der Waals surface area contributed by atoms with Crippen molar-refractivity contribution in [1.82, 2.24) is 15.6 Å². The molecule has 4 N–H and O–H groups in total. The van der Waals surface area contributed by atoms with Crippen LogP contribution in [0.2, 0.25) is 0 Å². The average molecular weight is 281 g/mol. The number of pyridine rings is 1. The smallest absolute Gasteiger partial charge is 0.222 e. The molecule has 0 saturated heterocycles. The lowest BCUT2D eigenvalue weighted by Crippen LogP contribution is -2.34. The Morgan fingerprint density at radius 1 is 1.40 bits per heavy atom. The number of amides is 1. The first-order chi connectivity index (χ1) is 9.47. The zero-order valence-corrected chi connectivity index (χ0v) is 12.2. The molecular weight excluding hydrogens is 258 g/mol. The van der Waals surface area contributed by atoms with Crippen molar-refractivity contribution in [2.45, 2.75) is 33.9 Å². The molecule has 6 heteroatoms. The Labute approximate surface area is 119 Å². The van der Waals surface area contributed by atoms with E-state index in [1.807, 2.05) is 13.8 Å². The van der Waals surface area contributed by atoms with Crippen LogP contribution in [-0.4, -0.2) is 34.2 Å². The Kier molecular flexibility index (Phi) is 6.41. The second-order valence-corrected chi connectivity index (χ2v) is 4.98. The largest absolute Gasteiger partial charge is 0.506 e. The lowest BCUT2D eigenvalue weighted by Gasteiger charge is -2.13. The Bertz CT molecular complexity index is 461. The maximum atomic E-state index is 11.4. The molecule has 1 amide bonds. The van der Waals surface area contributed by atoms with E-state index in [-0.39, 0.29) is 24.2 Å². The third-order valence-corrected chi connectivity index (χ3v) is 3.03. The van der Waals surface area contributed by atoms with Gasteiger partial charge in [-0.15, -0.1) is 0 Å². The highest BCUT2D eigenvalue weighted by atomic mass is 16.3. The van der Waals surface area contributed by atoms with Crippen molar-refractivity contribution >= 4 is 5.91 Å². The standard InChI is InChI=1S/C14H23N3O3/c1-9(2)14(20)16-5-4-15-7-12-11(8-18)6-17-10(3)13(12)19/h6,9,15,18-19H,4-5,7-8H2,1-3H3,(H,16,20). The molecule has 0 radical (unpaired) electrons. The summed E-state index contributed by atoms with van der Waals surface area (Å²) in [5, 5.41) is 25.1. The van der Waals surface area contributed by atoms with Gasteiger partial charge in [0.1, 0.15) is 5.75 Å². The van der Waals surface area contributed by atoms with Gasteiger partial charge in [0, 0.05) is 42.9 Å². The molecule has 1 aromatic rings. The molecule has 0 aliphatic rings. The third-order valence-electron chi connectivity index (χ3n) is 3.03. The van der Waals surface area contributed by atoms with Crippen molar-refractivity contribution < 1.29 is 15.0 Å². The van der Waals surface area contributed by atoms with Crippen molar-refractivity contribution in [2.75, 3.05) is 13.1 Å². The van der Waals surface area contributed by atoms with Crippen LogP contribution in [0.1, 0.15) is 30.7 Å². The zero-order valence-electron chi connectivity index (χ0n) is 12.2. The number of aliphatic hydroxyl groups is 1. The highest BCUT2D eigenvalue weighted by molar-refractivity contribution is 5.77. The van der Waals surface area contributed by atoms with E-state index < -0.39 is 0 Å². The quantitative estimate of drug-likeness (QED) is 0.544. The lowest BCUT2D eigenvalue weighted by molar-refractivity contribution is -0.123. The van der Waals surface area contributed by atoms with E-state index in [0.29, 0.717) is 36.5 Å². The molecule has 1 rings (SSSR count). The van der Waals surface area contributed by atoms with Crippen LogP contribution in [0.5, 0.6) is 5.75 Å². The van der Waals surface area contributed by atoms with E-state index in [9.17, 15) is 15.0 Å². The van der Waals surface area contributed by atoms with Crippen molar-refractivity contribution in [1.29, 1.82) is 0 Å². The summed E-state index contributed by atoms with van der Waals surface area (Å²) in [6.07, 6.45) is 1.56. The number of nitrogens with one attached hydrogen (secondary N) is 2. The van der Waals surface area contributed by atoms with Crippen LogP contribution in [0.3, 0.4) is 0 Å². The van der Waals surface area contributed by atoms with Gasteiger partial charge in [0.05, 0.1) is 12.3 Å². The van der Waals surface area contributed by atoms with Gasteiger partial charge in [0.2, 0.25) is 5.91 Å². The van der Waals surface area contributed by atoms with Crippen LogP contribution < -0.4 is 10.6 Å². The van der Waals surface area contributed by atoms with Crippen LogP contribution >= 0.6 is 0 Å². The second kappa shape index (κ2) is 7.81. The Balaban J connectivity index is 2.46. The van der Waals surface area contributed by atoms with Gasteiger partial charge in [0.15, 0.2) is 0 Å². The zero-order chi connectivity index (χ0) is 15.1. The summed E-state index contributed by atoms with van der Waals surface area (Å²) in [5.41, 5.74) is 1.79. The number of aryl methyl sites for hydroxylation is 1. The number of nitrogens with zero attached hydrogens (tertiary/aromatic N) is 1. The van der Waals surface area contributed by atoms with E-state index in [1.165, 1.54) is 0 Å². The summed E-state index contributed by atoms with van der Waals surface area (Å²) in [7, 11) is 0. The van der Waals surface area contributed by atoms with Crippen molar-refractivity contribution in [3.63, 3.8) is 0 Å². The van der Waals surface area contributed by atoms with Gasteiger partial charge in [-0.3, -0.25) is 9.78 Å². The molecule has 1 heterocycles. The van der Waals surface area contributed by atoms with Gasteiger partial charge in [-0.25, -0.2) is 0 Å². The number of hydrogen-bond acceptors (Lipinski definition) is 5. The fourth-order valence-corrected chi connectivity index (χ4v) is 1.71. The summed E-state index contributed by atoms with van der Waals surface area (Å²) in [5.74, 6) is 0.101. The van der Waals surface area contributed by atoms with E-state index in [1.54, 1.807) is 13.1 Å². The predicted octanol–water partition coefficient (Wildman–Crippen LogP) is 0.450. The van der Waals surface area contributed by atoms with E-state index in [2.05, 4.69) is 15.6 Å². The van der Waals surface area contributed by atoms with Crippen molar-refractivity contribution in [3.8, 4) is 5.75 Å². The average Bonchev–Trinajstić information content (AvgIpc) is 2.42. The Morgan fingerprint density at radius 2 is 2.10 bits per heavy atom. The first kappa shape index (κ1) is 16.4. The molecule has 6 nitrogen and oxygen atoms in total. The molecule has 0 atom stereocenters. The molecule has 0 spiro atoms. The Morgan fingerprint density at radius 3 is 2.70 bits per heavy atom. The minimum atomic E-state index is -0.165. The molecule has 0 unspecified atom stereocenters. The van der Waals surface area contributed by atoms with Crippen LogP contribution in [0, 0.1) is 12.8 Å².